The molecule has 0 radical (unpaired) electrons. The minimum Gasteiger partial charge on any atom is -0.449 e. The fraction of sp³-hybridized carbons (Fsp3) is 0.412. The molecule has 1 atom stereocenters. The average molecular weight is 403 g/mol. The predicted molar refractivity (Wildman–Crippen MR) is 92.1 cm³/mol. The number of ether oxygens (including phenoxy) is 1. The van der Waals surface area contributed by atoms with E-state index in [9.17, 15) is 22.8 Å². The number of hydrogen-bond donors (Lipinski definition) is 2. The van der Waals surface area contributed by atoms with Crippen LogP contribution in [0.3, 0.4) is 0 Å². The van der Waals surface area contributed by atoms with Crippen LogP contribution in [0, 0.1) is 23.4 Å². The van der Waals surface area contributed by atoms with E-state index in [2.05, 4.69) is 4.74 Å². The van der Waals surface area contributed by atoms with Gasteiger partial charge in [-0.2, -0.15) is 0 Å². The quantitative estimate of drug-likeness (QED) is 0.452. The first kappa shape index (κ1) is 19.9. The first-order chi connectivity index (χ1) is 13.3. The molecule has 1 aliphatic rings. The van der Waals surface area contributed by atoms with Gasteiger partial charge in [0.05, 0.1) is 23.6 Å². The van der Waals surface area contributed by atoms with Crippen LogP contribution in [-0.4, -0.2) is 42.1 Å². The second-order valence-corrected chi connectivity index (χ2v) is 6.42. The standard InChI is InChI=1S/C17H17F4N3O4/c18-2-4-24-7-9(28-17(26)27)16(25)10-11(19)12(20)15(13(21)14(10)24)23-3-1-8(5-22)6-23/h7-8H,1-6,22H2,(H,26,27). The molecule has 2 heterocycles. The summed E-state index contributed by atoms with van der Waals surface area (Å²) in [7, 11) is 0. The lowest BCUT2D eigenvalue weighted by Gasteiger charge is -2.22. The summed E-state index contributed by atoms with van der Waals surface area (Å²) in [4.78, 5) is 24.4. The van der Waals surface area contributed by atoms with Crippen molar-refractivity contribution in [2.24, 2.45) is 11.7 Å². The van der Waals surface area contributed by atoms with Crippen LogP contribution in [0.15, 0.2) is 11.0 Å². The minimum absolute atomic E-state index is 0.0306. The zero-order valence-electron chi connectivity index (χ0n) is 14.6. The van der Waals surface area contributed by atoms with Gasteiger partial charge in [0.2, 0.25) is 5.43 Å². The number of nitrogens with two attached hydrogens (primary N) is 1. The Balaban J connectivity index is 2.32. The van der Waals surface area contributed by atoms with Crippen molar-refractivity contribution in [1.29, 1.82) is 0 Å². The van der Waals surface area contributed by atoms with Crippen LogP contribution in [0.4, 0.5) is 28.0 Å². The lowest BCUT2D eigenvalue weighted by molar-refractivity contribution is 0.143. The van der Waals surface area contributed by atoms with Gasteiger partial charge < -0.3 is 25.0 Å². The molecule has 1 aromatic heterocycles. The Morgan fingerprint density at radius 2 is 2.00 bits per heavy atom. The minimum atomic E-state index is -1.88. The number of aryl methyl sites for hydroxylation is 1. The highest BCUT2D eigenvalue weighted by molar-refractivity contribution is 5.86. The SMILES string of the molecule is NCC1CCN(c2c(F)c(F)c3c(=O)c(OC(=O)O)cn(CCF)c3c2F)C1. The number of halogens is 4. The van der Waals surface area contributed by atoms with E-state index in [4.69, 9.17) is 10.8 Å². The molecular formula is C17H17F4N3O4. The normalized spacial score (nSPS) is 16.8. The maximum Gasteiger partial charge on any atom is 0.511 e. The molecular weight excluding hydrogens is 386 g/mol. The first-order valence-electron chi connectivity index (χ1n) is 8.45. The summed E-state index contributed by atoms with van der Waals surface area (Å²) in [5.41, 5.74) is 2.89. The number of anilines is 1. The van der Waals surface area contributed by atoms with Gasteiger partial charge in [-0.05, 0) is 18.9 Å². The van der Waals surface area contributed by atoms with Crippen molar-refractivity contribution < 1.29 is 32.2 Å². The molecule has 1 aliphatic heterocycles. The van der Waals surface area contributed by atoms with Crippen molar-refractivity contribution in [3.05, 3.63) is 33.9 Å². The van der Waals surface area contributed by atoms with Crippen molar-refractivity contribution in [2.45, 2.75) is 13.0 Å². The van der Waals surface area contributed by atoms with E-state index in [1.165, 1.54) is 4.90 Å². The molecule has 0 amide bonds. The fourth-order valence-electron chi connectivity index (χ4n) is 3.44. The van der Waals surface area contributed by atoms with E-state index in [1.54, 1.807) is 0 Å². The second kappa shape index (κ2) is 7.66. The van der Waals surface area contributed by atoms with Crippen molar-refractivity contribution in [2.75, 3.05) is 31.2 Å². The molecule has 0 bridgehead atoms. The third kappa shape index (κ3) is 3.26. The summed E-state index contributed by atoms with van der Waals surface area (Å²) in [6.07, 6.45) is -0.571. The largest absolute Gasteiger partial charge is 0.511 e. The van der Waals surface area contributed by atoms with Crippen LogP contribution in [0.2, 0.25) is 0 Å². The first-order valence-corrected chi connectivity index (χ1v) is 8.45. The monoisotopic (exact) mass is 403 g/mol. The molecule has 1 fully saturated rings. The summed E-state index contributed by atoms with van der Waals surface area (Å²) in [6.45, 7) is -0.841. The lowest BCUT2D eigenvalue weighted by atomic mass is 10.1. The van der Waals surface area contributed by atoms with Gasteiger partial charge >= 0.3 is 6.16 Å². The molecule has 3 N–H and O–H groups in total. The summed E-state index contributed by atoms with van der Waals surface area (Å²) >= 11 is 0. The molecule has 0 aliphatic carbocycles. The Labute approximate surface area is 155 Å². The third-order valence-electron chi connectivity index (χ3n) is 4.74. The van der Waals surface area contributed by atoms with Gasteiger partial charge in [-0.25, -0.2) is 22.4 Å². The number of pyridine rings is 1. The number of rotatable bonds is 5. The van der Waals surface area contributed by atoms with Crippen molar-refractivity contribution in [3.63, 3.8) is 0 Å². The number of alkyl halides is 1. The van der Waals surface area contributed by atoms with E-state index in [-0.39, 0.29) is 25.6 Å². The summed E-state index contributed by atoms with van der Waals surface area (Å²) in [5, 5.41) is 7.65. The molecule has 0 saturated carbocycles. The molecule has 1 saturated heterocycles. The number of carbonyl (C=O) groups is 1. The molecule has 28 heavy (non-hydrogen) atoms. The zero-order valence-corrected chi connectivity index (χ0v) is 14.6. The van der Waals surface area contributed by atoms with Gasteiger partial charge in [-0.3, -0.25) is 4.79 Å². The van der Waals surface area contributed by atoms with E-state index in [1.807, 2.05) is 0 Å². The van der Waals surface area contributed by atoms with Gasteiger partial charge in [0.15, 0.2) is 23.2 Å². The molecule has 7 nitrogen and oxygen atoms in total. The highest BCUT2D eigenvalue weighted by Gasteiger charge is 2.32. The Hall–Kier alpha value is -2.82. The van der Waals surface area contributed by atoms with Gasteiger partial charge in [-0.15, -0.1) is 0 Å². The summed E-state index contributed by atoms with van der Waals surface area (Å²) < 4.78 is 62.7. The number of hydrogen-bond acceptors (Lipinski definition) is 5. The molecule has 3 rings (SSSR count). The summed E-state index contributed by atoms with van der Waals surface area (Å²) in [6, 6.07) is 0. The van der Waals surface area contributed by atoms with Crippen LogP contribution in [-0.2, 0) is 6.54 Å². The molecule has 2 aromatic rings. The maximum absolute atomic E-state index is 15.2. The van der Waals surface area contributed by atoms with E-state index in [0.29, 0.717) is 6.42 Å². The molecule has 152 valence electrons. The number of carboxylic acid groups (broad SMARTS) is 1. The van der Waals surface area contributed by atoms with Crippen LogP contribution in [0.5, 0.6) is 5.75 Å². The summed E-state index contributed by atoms with van der Waals surface area (Å²) in [5.74, 6) is -5.39. The van der Waals surface area contributed by atoms with Crippen molar-refractivity contribution in [3.8, 4) is 5.75 Å². The molecule has 0 spiro atoms. The number of nitrogens with zero attached hydrogens (tertiary/aromatic N) is 2. The lowest BCUT2D eigenvalue weighted by Crippen LogP contribution is -2.26. The van der Waals surface area contributed by atoms with Crippen LogP contribution >= 0.6 is 0 Å². The molecule has 11 heteroatoms. The van der Waals surface area contributed by atoms with Crippen molar-refractivity contribution in [1.82, 2.24) is 4.57 Å². The topological polar surface area (TPSA) is 97.8 Å². The smallest absolute Gasteiger partial charge is 0.449 e. The van der Waals surface area contributed by atoms with Crippen LogP contribution in [0.25, 0.3) is 10.9 Å². The Morgan fingerprint density at radius 1 is 1.29 bits per heavy atom. The van der Waals surface area contributed by atoms with Gasteiger partial charge in [0, 0.05) is 13.1 Å². The highest BCUT2D eigenvalue weighted by atomic mass is 19.2. The van der Waals surface area contributed by atoms with Crippen LogP contribution < -0.4 is 20.8 Å². The number of fused-ring (bicyclic) bond motifs is 1. The molecule has 1 unspecified atom stereocenters. The van der Waals surface area contributed by atoms with Crippen LogP contribution in [0.1, 0.15) is 6.42 Å². The number of benzene rings is 1. The van der Waals surface area contributed by atoms with Gasteiger partial charge in [0.25, 0.3) is 0 Å². The Morgan fingerprint density at radius 3 is 2.57 bits per heavy atom. The van der Waals surface area contributed by atoms with E-state index in [0.717, 1.165) is 10.8 Å². The number of aromatic nitrogens is 1. The highest BCUT2D eigenvalue weighted by Crippen LogP contribution is 2.35. The third-order valence-corrected chi connectivity index (χ3v) is 4.74. The van der Waals surface area contributed by atoms with Gasteiger partial charge in [-0.1, -0.05) is 0 Å². The fourth-order valence-corrected chi connectivity index (χ4v) is 3.44. The average Bonchev–Trinajstić information content (AvgIpc) is 3.11. The Kier molecular flexibility index (Phi) is 5.45. The predicted octanol–water partition coefficient (Wildman–Crippen LogP) is 2.23. The van der Waals surface area contributed by atoms with Crippen molar-refractivity contribution >= 4 is 22.7 Å². The molecule has 1 aromatic carbocycles. The van der Waals surface area contributed by atoms with Gasteiger partial charge in [0.1, 0.15) is 12.4 Å². The maximum atomic E-state index is 15.2. The second-order valence-electron chi connectivity index (χ2n) is 6.42. The van der Waals surface area contributed by atoms with E-state index < -0.39 is 64.6 Å². The Bertz CT molecular complexity index is 995. The zero-order chi connectivity index (χ0) is 20.6. The van der Waals surface area contributed by atoms with E-state index >= 15 is 4.39 Å².